The maximum Gasteiger partial charge on any atom is 0.322 e. The van der Waals surface area contributed by atoms with Gasteiger partial charge in [0.2, 0.25) is 0 Å². The number of hydrogen-bond acceptors (Lipinski definition) is 10. The van der Waals surface area contributed by atoms with Crippen molar-refractivity contribution in [2.75, 3.05) is 19.5 Å². The fourth-order valence-electron chi connectivity index (χ4n) is 5.31. The van der Waals surface area contributed by atoms with E-state index in [0.717, 1.165) is 18.4 Å². The molecule has 0 spiro atoms. The number of benzene rings is 2. The number of esters is 2. The van der Waals surface area contributed by atoms with Crippen molar-refractivity contribution in [2.24, 2.45) is 5.92 Å². The highest BCUT2D eigenvalue weighted by Gasteiger charge is 2.27. The van der Waals surface area contributed by atoms with Crippen LogP contribution in [0.1, 0.15) is 57.4 Å². The number of rotatable bonds is 12. The van der Waals surface area contributed by atoms with E-state index in [9.17, 15) is 14.7 Å². The van der Waals surface area contributed by atoms with Crippen molar-refractivity contribution in [3.8, 4) is 11.5 Å². The molecule has 2 aromatic carbocycles. The number of aromatic nitrogens is 2. The van der Waals surface area contributed by atoms with E-state index in [2.05, 4.69) is 20.6 Å². The fourth-order valence-corrected chi connectivity index (χ4v) is 5.48. The first-order valence-electron chi connectivity index (χ1n) is 13.9. The molecule has 1 fully saturated rings. The lowest BCUT2D eigenvalue weighted by Gasteiger charge is -2.27. The van der Waals surface area contributed by atoms with Crippen molar-refractivity contribution >= 4 is 45.9 Å². The molecule has 0 amide bonds. The summed E-state index contributed by atoms with van der Waals surface area (Å²) in [6.07, 6.45) is 7.78. The van der Waals surface area contributed by atoms with Gasteiger partial charge in [-0.1, -0.05) is 49.8 Å². The van der Waals surface area contributed by atoms with Crippen molar-refractivity contribution in [2.45, 2.75) is 70.6 Å². The Hall–Kier alpha value is -3.47. The lowest BCUT2D eigenvalue weighted by molar-refractivity contribution is -0.145. The van der Waals surface area contributed by atoms with Crippen LogP contribution in [0.25, 0.3) is 10.9 Å². The summed E-state index contributed by atoms with van der Waals surface area (Å²) in [4.78, 5) is 32.8. The molecule has 10 nitrogen and oxygen atoms in total. The molecule has 11 heteroatoms. The number of aliphatic hydroxyl groups is 1. The maximum absolute atomic E-state index is 12.5. The van der Waals surface area contributed by atoms with Gasteiger partial charge in [-0.25, -0.2) is 9.97 Å². The van der Waals surface area contributed by atoms with E-state index in [0.29, 0.717) is 58.4 Å². The predicted octanol–water partition coefficient (Wildman–Crippen LogP) is 5.31. The van der Waals surface area contributed by atoms with Crippen LogP contribution in [-0.4, -0.2) is 53.5 Å². The molecule has 1 saturated carbocycles. The molecule has 4 rings (SSSR count). The average molecular weight is 585 g/mol. The number of methoxy groups -OCH3 is 2. The minimum atomic E-state index is -0.912. The molecule has 1 heterocycles. The third-order valence-electron chi connectivity index (χ3n) is 7.36. The number of halogens is 1. The molecular weight excluding hydrogens is 548 g/mol. The quantitative estimate of drug-likeness (QED) is 0.146. The van der Waals surface area contributed by atoms with Gasteiger partial charge in [-0.15, -0.1) is 0 Å². The highest BCUT2D eigenvalue weighted by Crippen LogP contribution is 2.36. The van der Waals surface area contributed by atoms with Crippen molar-refractivity contribution < 1.29 is 28.9 Å². The number of ether oxygens (including phenoxy) is 3. The molecule has 220 valence electrons. The molecule has 41 heavy (non-hydrogen) atoms. The minimum absolute atomic E-state index is 0.249. The molecule has 1 aliphatic rings. The molecule has 1 unspecified atom stereocenters. The lowest BCUT2D eigenvalue weighted by atomic mass is 9.84. The topological polar surface area (TPSA) is 132 Å². The number of anilines is 2. The Morgan fingerprint density at radius 1 is 1.10 bits per heavy atom. The van der Waals surface area contributed by atoms with Gasteiger partial charge in [-0.3, -0.25) is 14.9 Å². The first-order chi connectivity index (χ1) is 19.8. The van der Waals surface area contributed by atoms with E-state index in [-0.39, 0.29) is 11.7 Å². The van der Waals surface area contributed by atoms with Crippen LogP contribution in [0.2, 0.25) is 5.02 Å². The Bertz CT molecular complexity index is 1360. The summed E-state index contributed by atoms with van der Waals surface area (Å²) in [7, 11) is 2.86. The zero-order valence-electron chi connectivity index (χ0n) is 23.6. The Morgan fingerprint density at radius 2 is 1.88 bits per heavy atom. The molecule has 0 bridgehead atoms. The zero-order chi connectivity index (χ0) is 29.4. The van der Waals surface area contributed by atoms with Gasteiger partial charge in [0.15, 0.2) is 11.5 Å². The van der Waals surface area contributed by atoms with Crippen molar-refractivity contribution in [3.05, 3.63) is 47.2 Å². The number of nitrogens with one attached hydrogen (secondary N) is 2. The van der Waals surface area contributed by atoms with E-state index in [1.54, 1.807) is 24.3 Å². The van der Waals surface area contributed by atoms with Crippen LogP contribution >= 0.6 is 11.6 Å². The third-order valence-corrected chi connectivity index (χ3v) is 7.59. The minimum Gasteiger partial charge on any atom is -0.493 e. The second kappa shape index (κ2) is 14.4. The molecule has 2 atom stereocenters. The normalized spacial score (nSPS) is 15.2. The largest absolute Gasteiger partial charge is 0.493 e. The van der Waals surface area contributed by atoms with Gasteiger partial charge in [-0.05, 0) is 48.9 Å². The number of nitrogens with zero attached hydrogens (tertiary/aromatic N) is 2. The number of hydrogen-bond donors (Lipinski definition) is 3. The monoisotopic (exact) mass is 584 g/mol. The number of aryl methyl sites for hydroxylation is 1. The second-order valence-electron chi connectivity index (χ2n) is 10.3. The summed E-state index contributed by atoms with van der Waals surface area (Å²) in [5, 5.41) is 18.4. The van der Waals surface area contributed by atoms with Gasteiger partial charge in [0.25, 0.3) is 0 Å². The SMILES string of the molecule is COC(=O)[C@H](CC1CCCCC1)NC(O)CCc1ccc(Cl)cc1Nc1ncnc2cc(OC)c(OC(C)=O)cc12. The summed E-state index contributed by atoms with van der Waals surface area (Å²) < 4.78 is 15.7. The molecule has 1 aromatic heterocycles. The summed E-state index contributed by atoms with van der Waals surface area (Å²) in [6.45, 7) is 1.31. The van der Waals surface area contributed by atoms with Crippen LogP contribution in [0.15, 0.2) is 36.7 Å². The molecule has 0 saturated heterocycles. The Kier molecular flexibility index (Phi) is 10.7. The summed E-state index contributed by atoms with van der Waals surface area (Å²) in [5.41, 5.74) is 2.17. The van der Waals surface area contributed by atoms with Crippen LogP contribution in [-0.2, 0) is 20.7 Å². The highest BCUT2D eigenvalue weighted by molar-refractivity contribution is 6.30. The van der Waals surface area contributed by atoms with Gasteiger partial charge < -0.3 is 24.6 Å². The van der Waals surface area contributed by atoms with Gasteiger partial charge in [0.05, 0.1) is 19.7 Å². The van der Waals surface area contributed by atoms with E-state index in [1.165, 1.54) is 46.7 Å². The van der Waals surface area contributed by atoms with E-state index < -0.39 is 18.2 Å². The molecular formula is C30H37ClN4O6. The average Bonchev–Trinajstić information content (AvgIpc) is 2.96. The summed E-state index contributed by atoms with van der Waals surface area (Å²) >= 11 is 6.34. The van der Waals surface area contributed by atoms with Crippen molar-refractivity contribution in [1.82, 2.24) is 15.3 Å². The van der Waals surface area contributed by atoms with Crippen molar-refractivity contribution in [1.29, 1.82) is 0 Å². The van der Waals surface area contributed by atoms with E-state index in [4.69, 9.17) is 25.8 Å². The van der Waals surface area contributed by atoms with Crippen LogP contribution in [0.3, 0.4) is 0 Å². The van der Waals surface area contributed by atoms with Gasteiger partial charge in [0.1, 0.15) is 24.4 Å². The molecule has 0 radical (unpaired) electrons. The van der Waals surface area contributed by atoms with Crippen LogP contribution in [0.5, 0.6) is 11.5 Å². The first kappa shape index (κ1) is 30.5. The van der Waals surface area contributed by atoms with Gasteiger partial charge in [-0.2, -0.15) is 0 Å². The number of carbonyl (C=O) groups is 2. The molecule has 3 aromatic rings. The molecule has 0 aliphatic heterocycles. The zero-order valence-corrected chi connectivity index (χ0v) is 24.4. The summed E-state index contributed by atoms with van der Waals surface area (Å²) in [6, 6.07) is 8.21. The molecule has 3 N–H and O–H groups in total. The Balaban J connectivity index is 1.50. The van der Waals surface area contributed by atoms with Gasteiger partial charge in [0, 0.05) is 29.1 Å². The third kappa shape index (κ3) is 8.28. The van der Waals surface area contributed by atoms with Crippen molar-refractivity contribution in [3.63, 3.8) is 0 Å². The lowest BCUT2D eigenvalue weighted by Crippen LogP contribution is -2.45. The fraction of sp³-hybridized carbons (Fsp3) is 0.467. The van der Waals surface area contributed by atoms with Crippen LogP contribution in [0, 0.1) is 5.92 Å². The predicted molar refractivity (Wildman–Crippen MR) is 157 cm³/mol. The van der Waals surface area contributed by atoms with E-state index >= 15 is 0 Å². The summed E-state index contributed by atoms with van der Waals surface area (Å²) in [5.74, 6) is 0.709. The first-order valence-corrected chi connectivity index (χ1v) is 14.2. The maximum atomic E-state index is 12.5. The van der Waals surface area contributed by atoms with Crippen LogP contribution in [0.4, 0.5) is 11.5 Å². The smallest absolute Gasteiger partial charge is 0.322 e. The Labute approximate surface area is 244 Å². The molecule has 1 aliphatic carbocycles. The second-order valence-corrected chi connectivity index (χ2v) is 10.7. The Morgan fingerprint density at radius 3 is 2.59 bits per heavy atom. The van der Waals surface area contributed by atoms with E-state index in [1.807, 2.05) is 6.07 Å². The number of fused-ring (bicyclic) bond motifs is 1. The van der Waals surface area contributed by atoms with Gasteiger partial charge >= 0.3 is 11.9 Å². The number of carbonyl (C=O) groups excluding carboxylic acids is 2. The van der Waals surface area contributed by atoms with Crippen LogP contribution < -0.4 is 20.1 Å². The number of aliphatic hydroxyl groups excluding tert-OH is 1. The highest BCUT2D eigenvalue weighted by atomic mass is 35.5. The standard InChI is InChI=1S/C30H37ClN4O6/c1-18(36)41-27-15-22-24(16-26(27)39-2)32-17-33-29(22)35-23-14-21(31)11-9-20(23)10-12-28(37)34-25(30(38)40-3)13-19-7-5-4-6-8-19/h9,11,14-17,19,25,28,34,37H,4-8,10,12-13H2,1-3H3,(H,32,33,35)/t25-,28?/m0/s1.